The van der Waals surface area contributed by atoms with Crippen LogP contribution in [0.1, 0.15) is 24.4 Å². The fraction of sp³-hybridized carbons (Fsp3) is 0.364. The predicted molar refractivity (Wildman–Crippen MR) is 62.7 cm³/mol. The molecule has 0 saturated carbocycles. The summed E-state index contributed by atoms with van der Waals surface area (Å²) in [6.07, 6.45) is 7.00. The van der Waals surface area contributed by atoms with E-state index in [-0.39, 0.29) is 6.04 Å². The standard InChI is InChI=1S/C11H15N5O/c1-3-12-9(10-13-4-5-14-10)8-6-15-11(17-2)16-7-8/h4-7,9,12H,3H2,1-2H3,(H,13,14). The highest BCUT2D eigenvalue weighted by molar-refractivity contribution is 5.20. The molecule has 0 aromatic carbocycles. The molecule has 0 bridgehead atoms. The summed E-state index contributed by atoms with van der Waals surface area (Å²) in [5.41, 5.74) is 0.947. The van der Waals surface area contributed by atoms with Crippen LogP contribution < -0.4 is 10.1 Å². The Kier molecular flexibility index (Phi) is 3.66. The number of H-pyrrole nitrogens is 1. The van der Waals surface area contributed by atoms with Crippen molar-refractivity contribution in [2.24, 2.45) is 0 Å². The van der Waals surface area contributed by atoms with Crippen LogP contribution in [0.15, 0.2) is 24.8 Å². The highest BCUT2D eigenvalue weighted by Gasteiger charge is 2.16. The molecule has 0 aliphatic carbocycles. The van der Waals surface area contributed by atoms with Gasteiger partial charge in [-0.15, -0.1) is 0 Å². The summed E-state index contributed by atoms with van der Waals surface area (Å²) >= 11 is 0. The summed E-state index contributed by atoms with van der Waals surface area (Å²) in [4.78, 5) is 15.5. The SMILES string of the molecule is CCNC(c1cnc(OC)nc1)c1ncc[nH]1. The molecule has 2 rings (SSSR count). The van der Waals surface area contributed by atoms with Crippen LogP contribution in [-0.4, -0.2) is 33.6 Å². The second kappa shape index (κ2) is 5.40. The van der Waals surface area contributed by atoms with E-state index in [0.717, 1.165) is 17.9 Å². The van der Waals surface area contributed by atoms with Gasteiger partial charge in [-0.05, 0) is 6.54 Å². The number of ether oxygens (including phenoxy) is 1. The molecule has 1 unspecified atom stereocenters. The van der Waals surface area contributed by atoms with Crippen LogP contribution in [0.4, 0.5) is 0 Å². The van der Waals surface area contributed by atoms with Crippen LogP contribution in [0.3, 0.4) is 0 Å². The van der Waals surface area contributed by atoms with Crippen LogP contribution in [0.2, 0.25) is 0 Å². The van der Waals surface area contributed by atoms with Gasteiger partial charge in [0.05, 0.1) is 13.2 Å². The smallest absolute Gasteiger partial charge is 0.316 e. The third-order valence-electron chi connectivity index (χ3n) is 2.37. The van der Waals surface area contributed by atoms with E-state index in [2.05, 4.69) is 25.3 Å². The second-order valence-corrected chi connectivity index (χ2v) is 3.47. The predicted octanol–water partition coefficient (Wildman–Crippen LogP) is 0.907. The van der Waals surface area contributed by atoms with Gasteiger partial charge in [0.25, 0.3) is 0 Å². The number of aromatic amines is 1. The van der Waals surface area contributed by atoms with E-state index in [0.29, 0.717) is 6.01 Å². The molecule has 2 aromatic rings. The fourth-order valence-electron chi connectivity index (χ4n) is 1.59. The van der Waals surface area contributed by atoms with Gasteiger partial charge in [-0.25, -0.2) is 15.0 Å². The topological polar surface area (TPSA) is 75.7 Å². The molecule has 0 radical (unpaired) electrons. The Hall–Kier alpha value is -1.95. The van der Waals surface area contributed by atoms with Crippen LogP contribution in [0.5, 0.6) is 6.01 Å². The number of nitrogens with zero attached hydrogens (tertiary/aromatic N) is 3. The minimum Gasteiger partial charge on any atom is -0.467 e. The number of hydrogen-bond acceptors (Lipinski definition) is 5. The van der Waals surface area contributed by atoms with Crippen molar-refractivity contribution in [2.45, 2.75) is 13.0 Å². The summed E-state index contributed by atoms with van der Waals surface area (Å²) in [5.74, 6) is 0.848. The molecular formula is C11H15N5O. The number of imidazole rings is 1. The van der Waals surface area contributed by atoms with Gasteiger partial charge >= 0.3 is 6.01 Å². The molecule has 6 heteroatoms. The van der Waals surface area contributed by atoms with E-state index >= 15 is 0 Å². The molecule has 0 fully saturated rings. The maximum atomic E-state index is 4.93. The molecule has 0 aliphatic heterocycles. The number of hydrogen-bond donors (Lipinski definition) is 2. The van der Waals surface area contributed by atoms with Gasteiger partial charge in [0.1, 0.15) is 5.82 Å². The van der Waals surface area contributed by atoms with Crippen molar-refractivity contribution in [2.75, 3.05) is 13.7 Å². The average molecular weight is 233 g/mol. The summed E-state index contributed by atoms with van der Waals surface area (Å²) in [5, 5.41) is 3.32. The van der Waals surface area contributed by atoms with Crippen molar-refractivity contribution in [3.63, 3.8) is 0 Å². The third-order valence-corrected chi connectivity index (χ3v) is 2.37. The Labute approximate surface area is 99.5 Å². The zero-order chi connectivity index (χ0) is 12.1. The largest absolute Gasteiger partial charge is 0.467 e. The van der Waals surface area contributed by atoms with Crippen molar-refractivity contribution in [1.82, 2.24) is 25.3 Å². The Morgan fingerprint density at radius 2 is 2.12 bits per heavy atom. The normalized spacial score (nSPS) is 12.4. The minimum atomic E-state index is -0.0269. The average Bonchev–Trinajstić information content (AvgIpc) is 2.90. The molecule has 0 amide bonds. The van der Waals surface area contributed by atoms with Gasteiger partial charge < -0.3 is 15.0 Å². The first-order valence-electron chi connectivity index (χ1n) is 5.43. The molecule has 0 spiro atoms. The van der Waals surface area contributed by atoms with Crippen molar-refractivity contribution in [3.05, 3.63) is 36.2 Å². The molecule has 0 aliphatic rings. The summed E-state index contributed by atoms with van der Waals surface area (Å²) in [7, 11) is 1.54. The molecule has 17 heavy (non-hydrogen) atoms. The molecule has 2 N–H and O–H groups in total. The fourth-order valence-corrected chi connectivity index (χ4v) is 1.59. The van der Waals surface area contributed by atoms with Crippen LogP contribution in [0.25, 0.3) is 0 Å². The maximum Gasteiger partial charge on any atom is 0.316 e. The molecule has 0 saturated heterocycles. The van der Waals surface area contributed by atoms with E-state index in [4.69, 9.17) is 4.74 Å². The quantitative estimate of drug-likeness (QED) is 0.802. The van der Waals surface area contributed by atoms with Crippen molar-refractivity contribution >= 4 is 0 Å². The van der Waals surface area contributed by atoms with E-state index in [1.165, 1.54) is 0 Å². The monoisotopic (exact) mass is 233 g/mol. The zero-order valence-electron chi connectivity index (χ0n) is 9.84. The van der Waals surface area contributed by atoms with Gasteiger partial charge in [-0.1, -0.05) is 6.92 Å². The van der Waals surface area contributed by atoms with E-state index in [1.807, 2.05) is 6.92 Å². The molecule has 6 nitrogen and oxygen atoms in total. The summed E-state index contributed by atoms with van der Waals surface area (Å²) in [6, 6.07) is 0.337. The highest BCUT2D eigenvalue weighted by Crippen LogP contribution is 2.17. The second-order valence-electron chi connectivity index (χ2n) is 3.47. The zero-order valence-corrected chi connectivity index (χ0v) is 9.84. The first-order chi connectivity index (χ1) is 8.35. The Morgan fingerprint density at radius 3 is 2.65 bits per heavy atom. The van der Waals surface area contributed by atoms with Crippen LogP contribution in [0, 0.1) is 0 Å². The lowest BCUT2D eigenvalue weighted by molar-refractivity contribution is 0.378. The van der Waals surface area contributed by atoms with Crippen molar-refractivity contribution < 1.29 is 4.74 Å². The minimum absolute atomic E-state index is 0.0269. The molecule has 2 heterocycles. The van der Waals surface area contributed by atoms with Gasteiger partial charge in [0.15, 0.2) is 0 Å². The molecule has 90 valence electrons. The lowest BCUT2D eigenvalue weighted by atomic mass is 10.1. The van der Waals surface area contributed by atoms with Crippen molar-refractivity contribution in [1.29, 1.82) is 0 Å². The first kappa shape index (κ1) is 11.5. The number of nitrogens with one attached hydrogen (secondary N) is 2. The molecule has 1 atom stereocenters. The van der Waals surface area contributed by atoms with E-state index in [9.17, 15) is 0 Å². The molecular weight excluding hydrogens is 218 g/mol. The number of rotatable bonds is 5. The van der Waals surface area contributed by atoms with Crippen LogP contribution >= 0.6 is 0 Å². The lowest BCUT2D eigenvalue weighted by Crippen LogP contribution is -2.23. The van der Waals surface area contributed by atoms with E-state index in [1.54, 1.807) is 31.9 Å². The van der Waals surface area contributed by atoms with Gasteiger partial charge in [0, 0.05) is 30.4 Å². The van der Waals surface area contributed by atoms with Gasteiger partial charge in [-0.3, -0.25) is 0 Å². The van der Waals surface area contributed by atoms with Gasteiger partial charge in [0.2, 0.25) is 0 Å². The maximum absolute atomic E-state index is 4.93. The number of aromatic nitrogens is 4. The molecule has 2 aromatic heterocycles. The third kappa shape index (κ3) is 2.59. The van der Waals surface area contributed by atoms with E-state index < -0.39 is 0 Å². The lowest BCUT2D eigenvalue weighted by Gasteiger charge is -2.15. The van der Waals surface area contributed by atoms with Crippen LogP contribution in [-0.2, 0) is 0 Å². The highest BCUT2D eigenvalue weighted by atomic mass is 16.5. The first-order valence-corrected chi connectivity index (χ1v) is 5.43. The van der Waals surface area contributed by atoms with Gasteiger partial charge in [-0.2, -0.15) is 0 Å². The summed E-state index contributed by atoms with van der Waals surface area (Å²) in [6.45, 7) is 2.87. The number of methoxy groups -OCH3 is 1. The Bertz CT molecular complexity index is 439. The Balaban J connectivity index is 2.26. The van der Waals surface area contributed by atoms with Crippen molar-refractivity contribution in [3.8, 4) is 6.01 Å². The Morgan fingerprint density at radius 1 is 1.35 bits per heavy atom. The summed E-state index contributed by atoms with van der Waals surface area (Å²) < 4.78 is 4.93.